The maximum absolute atomic E-state index is 13.6. The summed E-state index contributed by atoms with van der Waals surface area (Å²) in [7, 11) is 0. The summed E-state index contributed by atoms with van der Waals surface area (Å²) in [5.41, 5.74) is 16.1. The number of guanidine groups is 1. The van der Waals surface area contributed by atoms with E-state index in [0.29, 0.717) is 12.8 Å². The molecule has 1 aliphatic rings. The summed E-state index contributed by atoms with van der Waals surface area (Å²) < 4.78 is 5.10. The van der Waals surface area contributed by atoms with E-state index in [4.69, 9.17) is 27.0 Å². The van der Waals surface area contributed by atoms with Gasteiger partial charge < -0.3 is 58.1 Å². The highest BCUT2D eigenvalue weighted by Crippen LogP contribution is 2.20. The first kappa shape index (κ1) is 41.0. The molecule has 0 aromatic carbocycles. The number of aliphatic imine (C=N–C) groups is 1. The third-order valence-electron chi connectivity index (χ3n) is 7.15. The normalized spacial score (nSPS) is 16.4. The smallest absolute Gasteiger partial charge is 0.326 e. The molecule has 1 heterocycles. The molecule has 1 saturated heterocycles. The molecule has 4 amide bonds. The number of carbonyl (C=O) groups excluding carboxylic acids is 5. The molecule has 20 heteroatoms. The Kier molecular flexibility index (Phi) is 17.9. The fourth-order valence-electron chi connectivity index (χ4n) is 4.69. The maximum Gasteiger partial charge on any atom is 0.326 e. The summed E-state index contributed by atoms with van der Waals surface area (Å²) in [5.74, 6) is -9.19. The number of nitrogens with zero attached hydrogens (tertiary/aromatic N) is 2. The number of likely N-dealkylation sites (tertiary alicyclic amines) is 1. The van der Waals surface area contributed by atoms with E-state index in [1.54, 1.807) is 0 Å². The Morgan fingerprint density at radius 2 is 1.52 bits per heavy atom. The molecule has 0 aromatic rings. The second-order valence-corrected chi connectivity index (χ2v) is 11.1. The van der Waals surface area contributed by atoms with Gasteiger partial charge in [-0.05, 0) is 32.1 Å². The van der Waals surface area contributed by atoms with Gasteiger partial charge in [0.15, 0.2) is 5.96 Å². The van der Waals surface area contributed by atoms with E-state index in [1.807, 2.05) is 6.92 Å². The molecule has 48 heavy (non-hydrogen) atoms. The number of carboxylic acids is 3. The average Bonchev–Trinajstić information content (AvgIpc) is 3.49. The Labute approximate surface area is 276 Å². The number of aliphatic carboxylic acids is 3. The second-order valence-electron chi connectivity index (χ2n) is 11.1. The van der Waals surface area contributed by atoms with Gasteiger partial charge in [0.1, 0.15) is 30.8 Å². The number of nitrogens with two attached hydrogens (primary N) is 3. The summed E-state index contributed by atoms with van der Waals surface area (Å²) in [6.07, 6.45) is 0.875. The maximum atomic E-state index is 13.6. The number of unbranched alkanes of at least 4 members (excludes halogenated alkanes) is 2. The Morgan fingerprint density at radius 3 is 2.10 bits per heavy atom. The molecule has 12 N–H and O–H groups in total. The summed E-state index contributed by atoms with van der Waals surface area (Å²) in [4.78, 5) is 104. The van der Waals surface area contributed by atoms with Crippen LogP contribution < -0.4 is 33.2 Å². The molecule has 1 fully saturated rings. The fraction of sp³-hybridized carbons (Fsp3) is 0.679. The molecule has 0 unspecified atom stereocenters. The number of hydrogen-bond donors (Lipinski definition) is 9. The van der Waals surface area contributed by atoms with Crippen LogP contribution in [0.4, 0.5) is 0 Å². The van der Waals surface area contributed by atoms with Crippen molar-refractivity contribution < 1.29 is 58.4 Å². The molecule has 0 aliphatic carbocycles. The van der Waals surface area contributed by atoms with Crippen LogP contribution in [0.1, 0.15) is 71.1 Å². The predicted octanol–water partition coefficient (Wildman–Crippen LogP) is -3.03. The topological polar surface area (TPSA) is 336 Å². The molecule has 0 spiro atoms. The number of amides is 4. The second kappa shape index (κ2) is 21.0. The Balaban J connectivity index is 3.13. The van der Waals surface area contributed by atoms with Crippen LogP contribution in [0.25, 0.3) is 0 Å². The van der Waals surface area contributed by atoms with Gasteiger partial charge in [-0.25, -0.2) is 4.79 Å². The highest BCUT2D eigenvalue weighted by molar-refractivity contribution is 5.97. The van der Waals surface area contributed by atoms with E-state index in [1.165, 1.54) is 0 Å². The average molecular weight is 687 g/mol. The molecule has 0 radical (unpaired) electrons. The minimum atomic E-state index is -1.77. The van der Waals surface area contributed by atoms with Gasteiger partial charge in [0.25, 0.3) is 0 Å². The van der Waals surface area contributed by atoms with Gasteiger partial charge in [-0.2, -0.15) is 0 Å². The summed E-state index contributed by atoms with van der Waals surface area (Å²) in [6, 6.07) is -7.62. The van der Waals surface area contributed by atoms with Crippen LogP contribution in [0.3, 0.4) is 0 Å². The molecule has 0 bridgehead atoms. The molecule has 270 valence electrons. The molecule has 0 saturated carbocycles. The third-order valence-corrected chi connectivity index (χ3v) is 7.15. The molecule has 1 aliphatic heterocycles. The standard InChI is InChI=1S/C28H46N8O12/c1-2-3-4-9-22(41)48-14-18(35-23(42)15(29)12-20(37)38)24(43)34-17(13-21(39)40)26(45)36-11-6-8-19(36)25(44)33-16(27(46)47)7-5-10-32-28(30)31/h15-19H,2-14,29H2,1H3,(H,33,44)(H,34,43)(H,35,42)(H,37,38)(H,39,40)(H,46,47)(H4,30,31,32)/t15-,16-,17-,18-,19-/m0/s1. The highest BCUT2D eigenvalue weighted by Gasteiger charge is 2.40. The molecular weight excluding hydrogens is 640 g/mol. The van der Waals surface area contributed by atoms with Crippen LogP contribution in [0.5, 0.6) is 0 Å². The first-order valence-corrected chi connectivity index (χ1v) is 15.4. The van der Waals surface area contributed by atoms with Crippen molar-refractivity contribution in [1.29, 1.82) is 0 Å². The number of ether oxygens (including phenoxy) is 1. The minimum Gasteiger partial charge on any atom is -0.481 e. The number of hydrogen-bond acceptors (Lipinski definition) is 11. The lowest BCUT2D eigenvalue weighted by Gasteiger charge is -2.30. The van der Waals surface area contributed by atoms with Gasteiger partial charge in [-0.15, -0.1) is 0 Å². The number of rotatable bonds is 22. The van der Waals surface area contributed by atoms with Crippen molar-refractivity contribution in [1.82, 2.24) is 20.9 Å². The number of carbonyl (C=O) groups is 8. The van der Waals surface area contributed by atoms with Crippen molar-refractivity contribution >= 4 is 53.5 Å². The largest absolute Gasteiger partial charge is 0.481 e. The zero-order valence-electron chi connectivity index (χ0n) is 26.7. The summed E-state index contributed by atoms with van der Waals surface area (Å²) >= 11 is 0. The lowest BCUT2D eigenvalue weighted by molar-refractivity contribution is -0.149. The van der Waals surface area contributed by atoms with Crippen molar-refractivity contribution in [2.75, 3.05) is 19.7 Å². The lowest BCUT2D eigenvalue weighted by atomic mass is 10.1. The minimum absolute atomic E-state index is 0.00615. The SMILES string of the molecule is CCCCCC(=O)OC[C@H](NC(=O)[C@@H](N)CC(=O)O)C(=O)N[C@@H](CC(=O)O)C(=O)N1CCC[C@H]1C(=O)N[C@@H](CCCN=C(N)N)C(=O)O. The zero-order valence-corrected chi connectivity index (χ0v) is 26.7. The van der Waals surface area contributed by atoms with Gasteiger partial charge in [0.2, 0.25) is 23.6 Å². The van der Waals surface area contributed by atoms with Gasteiger partial charge in [-0.1, -0.05) is 19.8 Å². The van der Waals surface area contributed by atoms with Crippen molar-refractivity contribution in [2.45, 2.75) is 101 Å². The van der Waals surface area contributed by atoms with E-state index < -0.39 is 97.2 Å². The van der Waals surface area contributed by atoms with Crippen LogP contribution in [0.15, 0.2) is 4.99 Å². The van der Waals surface area contributed by atoms with Crippen molar-refractivity contribution in [3.05, 3.63) is 0 Å². The number of esters is 1. The monoisotopic (exact) mass is 686 g/mol. The lowest BCUT2D eigenvalue weighted by Crippen LogP contribution is -2.59. The van der Waals surface area contributed by atoms with E-state index in [2.05, 4.69) is 20.9 Å². The Morgan fingerprint density at radius 1 is 0.875 bits per heavy atom. The summed E-state index contributed by atoms with van der Waals surface area (Å²) in [6.45, 7) is 1.26. The van der Waals surface area contributed by atoms with E-state index >= 15 is 0 Å². The molecule has 0 aromatic heterocycles. The Bertz CT molecular complexity index is 1210. The quantitative estimate of drug-likeness (QED) is 0.0237. The van der Waals surface area contributed by atoms with Gasteiger partial charge >= 0.3 is 23.9 Å². The summed E-state index contributed by atoms with van der Waals surface area (Å²) in [5, 5.41) is 34.8. The van der Waals surface area contributed by atoms with E-state index in [-0.39, 0.29) is 44.7 Å². The number of nitrogens with one attached hydrogen (secondary N) is 3. The van der Waals surface area contributed by atoms with Crippen LogP contribution >= 0.6 is 0 Å². The molecular formula is C28H46N8O12. The fourth-order valence-corrected chi connectivity index (χ4v) is 4.69. The van der Waals surface area contributed by atoms with Gasteiger partial charge in [-0.3, -0.25) is 38.6 Å². The van der Waals surface area contributed by atoms with Crippen LogP contribution in [0.2, 0.25) is 0 Å². The van der Waals surface area contributed by atoms with Crippen LogP contribution in [-0.4, -0.2) is 124 Å². The van der Waals surface area contributed by atoms with Crippen LogP contribution in [-0.2, 0) is 43.1 Å². The third kappa shape index (κ3) is 15.1. The van der Waals surface area contributed by atoms with E-state index in [9.17, 15) is 48.6 Å². The van der Waals surface area contributed by atoms with Crippen molar-refractivity contribution in [3.8, 4) is 0 Å². The molecule has 1 rings (SSSR count). The predicted molar refractivity (Wildman–Crippen MR) is 166 cm³/mol. The van der Waals surface area contributed by atoms with E-state index in [0.717, 1.165) is 17.7 Å². The van der Waals surface area contributed by atoms with Crippen LogP contribution in [0, 0.1) is 0 Å². The zero-order chi connectivity index (χ0) is 36.4. The van der Waals surface area contributed by atoms with Gasteiger partial charge in [0, 0.05) is 19.5 Å². The highest BCUT2D eigenvalue weighted by atomic mass is 16.5. The van der Waals surface area contributed by atoms with Crippen molar-refractivity contribution in [2.24, 2.45) is 22.2 Å². The first-order chi connectivity index (χ1) is 22.6. The van der Waals surface area contributed by atoms with Crippen molar-refractivity contribution in [3.63, 3.8) is 0 Å². The first-order valence-electron chi connectivity index (χ1n) is 15.4. The number of carboxylic acid groups (broad SMARTS) is 3. The Hall–Kier alpha value is -5.01. The molecule has 5 atom stereocenters. The van der Waals surface area contributed by atoms with Gasteiger partial charge in [0.05, 0.1) is 18.9 Å². The molecule has 20 nitrogen and oxygen atoms in total.